The molecule has 3 N–H and O–H groups in total. The molecule has 6 atom stereocenters. The molecular weight excluding hydrogens is 1190 g/mol. The smallest absolute Gasteiger partial charge is 0.462 e. The largest absolute Gasteiger partial charge is 0.472 e. The van der Waals surface area contributed by atoms with E-state index in [4.69, 9.17) is 37.0 Å². The van der Waals surface area contributed by atoms with Crippen molar-refractivity contribution in [1.82, 2.24) is 0 Å². The number of hydrogen-bond donors (Lipinski definition) is 3. The van der Waals surface area contributed by atoms with Crippen LogP contribution in [0.1, 0.15) is 357 Å². The number of phosphoric ester groups is 2. The van der Waals surface area contributed by atoms with Gasteiger partial charge in [-0.25, -0.2) is 9.13 Å². The fourth-order valence-electron chi connectivity index (χ4n) is 10.7. The van der Waals surface area contributed by atoms with Gasteiger partial charge in [0.25, 0.3) is 0 Å². The van der Waals surface area contributed by atoms with Crippen molar-refractivity contribution in [3.8, 4) is 0 Å². The van der Waals surface area contributed by atoms with Gasteiger partial charge in [0, 0.05) is 25.7 Å². The first-order chi connectivity index (χ1) is 43.3. The van der Waals surface area contributed by atoms with Gasteiger partial charge in [0.05, 0.1) is 26.4 Å². The molecule has 0 saturated heterocycles. The molecule has 0 rings (SSSR count). The highest BCUT2D eigenvalue weighted by Gasteiger charge is 2.30. The fourth-order valence-corrected chi connectivity index (χ4v) is 12.3. The lowest BCUT2D eigenvalue weighted by molar-refractivity contribution is -0.161. The number of aliphatic hydroxyl groups excluding tert-OH is 1. The van der Waals surface area contributed by atoms with Crippen molar-refractivity contribution in [3.63, 3.8) is 0 Å². The van der Waals surface area contributed by atoms with E-state index in [0.29, 0.717) is 31.6 Å². The van der Waals surface area contributed by atoms with Crippen molar-refractivity contribution >= 4 is 39.5 Å². The van der Waals surface area contributed by atoms with E-state index in [1.54, 1.807) is 0 Å². The molecule has 0 fully saturated rings. The molecule has 0 aromatic heterocycles. The minimum Gasteiger partial charge on any atom is -0.462 e. The van der Waals surface area contributed by atoms with Crippen LogP contribution < -0.4 is 0 Å². The third-order valence-corrected chi connectivity index (χ3v) is 18.6. The molecule has 0 saturated carbocycles. The Balaban J connectivity index is 5.20. The zero-order valence-corrected chi connectivity index (χ0v) is 60.4. The van der Waals surface area contributed by atoms with Crippen LogP contribution in [0.2, 0.25) is 0 Å². The van der Waals surface area contributed by atoms with E-state index in [-0.39, 0.29) is 25.7 Å². The van der Waals surface area contributed by atoms with Crippen molar-refractivity contribution in [2.45, 2.75) is 375 Å². The lowest BCUT2D eigenvalue weighted by atomic mass is 9.99. The molecule has 3 unspecified atom stereocenters. The van der Waals surface area contributed by atoms with Crippen LogP contribution in [-0.2, 0) is 65.4 Å². The van der Waals surface area contributed by atoms with E-state index in [0.717, 1.165) is 102 Å². The highest BCUT2D eigenvalue weighted by atomic mass is 31.2. The first-order valence-electron chi connectivity index (χ1n) is 36.9. The normalized spacial score (nSPS) is 14.5. The zero-order valence-electron chi connectivity index (χ0n) is 58.6. The van der Waals surface area contributed by atoms with Crippen LogP contribution in [0.4, 0.5) is 0 Å². The van der Waals surface area contributed by atoms with E-state index < -0.39 is 97.5 Å². The number of aliphatic hydroxyl groups is 1. The molecule has 0 bridgehead atoms. The number of hydrogen-bond acceptors (Lipinski definition) is 15. The van der Waals surface area contributed by atoms with Crippen LogP contribution >= 0.6 is 15.6 Å². The van der Waals surface area contributed by atoms with Crippen LogP contribution in [0.25, 0.3) is 0 Å². The lowest BCUT2D eigenvalue weighted by Crippen LogP contribution is -2.30. The van der Waals surface area contributed by atoms with Crippen LogP contribution in [-0.4, -0.2) is 96.7 Å². The van der Waals surface area contributed by atoms with Gasteiger partial charge in [-0.3, -0.25) is 37.3 Å². The second-order valence-corrected chi connectivity index (χ2v) is 29.7. The van der Waals surface area contributed by atoms with Crippen LogP contribution in [0.15, 0.2) is 0 Å². The molecule has 534 valence electrons. The maximum Gasteiger partial charge on any atom is 0.472 e. The van der Waals surface area contributed by atoms with Gasteiger partial charge in [0.2, 0.25) is 0 Å². The van der Waals surface area contributed by atoms with E-state index in [1.807, 2.05) is 0 Å². The number of unbranched alkanes of at least 4 members (excludes halogenated alkanes) is 36. The van der Waals surface area contributed by atoms with Gasteiger partial charge in [-0.2, -0.15) is 0 Å². The van der Waals surface area contributed by atoms with E-state index >= 15 is 0 Å². The molecular formula is C71H138O17P2. The van der Waals surface area contributed by atoms with E-state index in [9.17, 15) is 43.2 Å². The van der Waals surface area contributed by atoms with Gasteiger partial charge in [-0.1, -0.05) is 305 Å². The Morgan fingerprint density at radius 2 is 0.567 bits per heavy atom. The number of rotatable bonds is 69. The number of carbonyl (C=O) groups excluding carboxylic acids is 4. The first kappa shape index (κ1) is 88.1. The Morgan fingerprint density at radius 3 is 0.844 bits per heavy atom. The van der Waals surface area contributed by atoms with Gasteiger partial charge >= 0.3 is 39.5 Å². The second-order valence-electron chi connectivity index (χ2n) is 26.8. The number of esters is 4. The average Bonchev–Trinajstić information content (AvgIpc) is 3.07. The summed E-state index contributed by atoms with van der Waals surface area (Å²) in [6.45, 7) is 11.8. The van der Waals surface area contributed by atoms with Crippen molar-refractivity contribution in [1.29, 1.82) is 0 Å². The molecule has 17 nitrogen and oxygen atoms in total. The Labute approximate surface area is 549 Å². The third-order valence-electron chi connectivity index (χ3n) is 16.7. The summed E-state index contributed by atoms with van der Waals surface area (Å²) < 4.78 is 68.2. The number of carbonyl (C=O) groups is 4. The van der Waals surface area contributed by atoms with Crippen LogP contribution in [0, 0.1) is 17.8 Å². The minimum atomic E-state index is -4.95. The predicted molar refractivity (Wildman–Crippen MR) is 363 cm³/mol. The summed E-state index contributed by atoms with van der Waals surface area (Å²) in [5.41, 5.74) is 0. The molecule has 0 aliphatic carbocycles. The molecule has 0 aromatic rings. The standard InChI is InChI=1S/C71H138O17P2/c1-8-10-11-12-13-22-31-38-45-52-68(73)81-59-67(88-71(76)55-48-41-34-27-29-36-43-50-63(5)6)61-86-90(79,80)84-57-65(72)56-83-89(77,78)85-60-66(58-82-69(74)53-46-39-32-26-25-30-37-44-51-64(7)9-2)87-70(75)54-47-40-33-24-21-19-17-15-14-16-18-20-23-28-35-42-49-62(3)4/h62-67,72H,8-61H2,1-7H3,(H,77,78)(H,79,80)/t64?,65-,66-,67-/m1/s1. The Morgan fingerprint density at radius 1 is 0.322 bits per heavy atom. The number of phosphoric acid groups is 2. The Hall–Kier alpha value is -1.94. The molecule has 0 amide bonds. The fraction of sp³-hybridized carbons (Fsp3) is 0.944. The van der Waals surface area contributed by atoms with E-state index in [1.165, 1.54) is 167 Å². The first-order valence-corrected chi connectivity index (χ1v) is 39.9. The quantitative estimate of drug-likeness (QED) is 0.0222. The maximum atomic E-state index is 13.0. The molecule has 0 radical (unpaired) electrons. The van der Waals surface area contributed by atoms with Gasteiger partial charge in [0.1, 0.15) is 19.3 Å². The minimum absolute atomic E-state index is 0.103. The van der Waals surface area contributed by atoms with Crippen molar-refractivity contribution < 1.29 is 80.2 Å². The predicted octanol–water partition coefficient (Wildman–Crippen LogP) is 20.2. The topological polar surface area (TPSA) is 237 Å². The molecule has 0 spiro atoms. The second kappa shape index (κ2) is 61.9. The Bertz CT molecular complexity index is 1770. The highest BCUT2D eigenvalue weighted by molar-refractivity contribution is 7.47. The number of ether oxygens (including phenoxy) is 4. The summed E-state index contributed by atoms with van der Waals surface area (Å²) >= 11 is 0. The molecule has 19 heteroatoms. The summed E-state index contributed by atoms with van der Waals surface area (Å²) in [5.74, 6) is 0.154. The van der Waals surface area contributed by atoms with Crippen LogP contribution in [0.3, 0.4) is 0 Å². The van der Waals surface area contributed by atoms with Crippen molar-refractivity contribution in [2.75, 3.05) is 39.6 Å². The third kappa shape index (κ3) is 63.5. The van der Waals surface area contributed by atoms with Gasteiger partial charge in [-0.15, -0.1) is 0 Å². The molecule has 0 aromatic carbocycles. The monoisotopic (exact) mass is 1320 g/mol. The summed E-state index contributed by atoms with van der Waals surface area (Å²) in [4.78, 5) is 72.5. The molecule has 90 heavy (non-hydrogen) atoms. The summed E-state index contributed by atoms with van der Waals surface area (Å²) in [5, 5.41) is 10.6. The summed E-state index contributed by atoms with van der Waals surface area (Å²) in [7, 11) is -9.90. The van der Waals surface area contributed by atoms with Crippen molar-refractivity contribution in [2.24, 2.45) is 17.8 Å². The lowest BCUT2D eigenvalue weighted by Gasteiger charge is -2.21. The van der Waals surface area contributed by atoms with Gasteiger partial charge < -0.3 is 33.8 Å². The maximum absolute atomic E-state index is 13.0. The molecule has 0 aliphatic heterocycles. The van der Waals surface area contributed by atoms with Crippen molar-refractivity contribution in [3.05, 3.63) is 0 Å². The SMILES string of the molecule is CCCCCCCCCCCC(=O)OC[C@H](COP(=O)(O)OC[C@H](O)COP(=O)(O)OC[C@@H](COC(=O)CCCCCCCCCCC(C)CC)OC(=O)CCCCCCCCCCCCCCCCCCC(C)C)OC(=O)CCCCCCCCCC(C)C. The molecule has 0 heterocycles. The van der Waals surface area contributed by atoms with Gasteiger partial charge in [-0.05, 0) is 43.4 Å². The van der Waals surface area contributed by atoms with Crippen LogP contribution in [0.5, 0.6) is 0 Å². The molecule has 0 aliphatic rings. The highest BCUT2D eigenvalue weighted by Crippen LogP contribution is 2.45. The summed E-state index contributed by atoms with van der Waals surface area (Å²) in [6.07, 6.45) is 45.9. The Kier molecular flexibility index (Phi) is 60.6. The summed E-state index contributed by atoms with van der Waals surface area (Å²) in [6, 6.07) is 0. The average molecular weight is 1330 g/mol. The van der Waals surface area contributed by atoms with Gasteiger partial charge in [0.15, 0.2) is 12.2 Å². The zero-order chi connectivity index (χ0) is 66.6. The van der Waals surface area contributed by atoms with E-state index in [2.05, 4.69) is 48.5 Å².